The molecule has 2 aliphatic carbocycles. The number of piperidine rings is 1. The van der Waals surface area contributed by atoms with Crippen LogP contribution in [0, 0.1) is 23.7 Å². The molecule has 7 fully saturated rings. The molecule has 7 aliphatic rings. The van der Waals surface area contributed by atoms with Crippen LogP contribution in [0.15, 0.2) is 0 Å². The Labute approximate surface area is 368 Å². The Morgan fingerprint density at radius 1 is 0.919 bits per heavy atom. The number of ether oxygens (including phenoxy) is 2. The van der Waals surface area contributed by atoms with Crippen LogP contribution in [-0.4, -0.2) is 164 Å². The SMILES string of the molecule is CS(=O)(=O)N1CCC(C(=O)N[C@@H](CCOCCCC(=O)NCCOC2CN(C3CCC4C(=O)N(C5CCC(=O)NC5=O)C(=O)C4C3)C2)C(=O)NC2NC(C3CCCCC3)CS2)C1. The lowest BCUT2D eigenvalue weighted by molar-refractivity contribution is -0.151. The minimum atomic E-state index is -3.42. The van der Waals surface area contributed by atoms with E-state index in [0.29, 0.717) is 63.9 Å². The Morgan fingerprint density at radius 2 is 1.69 bits per heavy atom. The van der Waals surface area contributed by atoms with Gasteiger partial charge in [0.1, 0.15) is 17.6 Å². The van der Waals surface area contributed by atoms with Gasteiger partial charge in [0.25, 0.3) is 0 Å². The first-order chi connectivity index (χ1) is 29.7. The number of hydrogen-bond donors (Lipinski definition) is 5. The molecule has 346 valence electrons. The van der Waals surface area contributed by atoms with E-state index in [0.717, 1.165) is 23.3 Å². The number of rotatable bonds is 19. The number of sulfonamides is 1. The lowest BCUT2D eigenvalue weighted by Crippen LogP contribution is -2.58. The summed E-state index contributed by atoms with van der Waals surface area (Å²) in [5.74, 6) is -2.31. The summed E-state index contributed by atoms with van der Waals surface area (Å²) in [4.78, 5) is 93.1. The number of thioether (sulfide) groups is 1. The fraction of sp³-hybridized carbons (Fsp3) is 0.829. The molecule has 5 heterocycles. The van der Waals surface area contributed by atoms with Crippen molar-refractivity contribution in [2.45, 2.75) is 126 Å². The molecule has 0 aromatic rings. The maximum atomic E-state index is 13.5. The number of nitrogens with one attached hydrogen (secondary N) is 5. The largest absolute Gasteiger partial charge is 0.381 e. The summed E-state index contributed by atoms with van der Waals surface area (Å²) in [5.41, 5.74) is -0.263. The molecule has 5 saturated heterocycles. The average Bonchev–Trinajstić information content (AvgIpc) is 3.98. The van der Waals surface area contributed by atoms with Gasteiger partial charge in [-0.2, -0.15) is 0 Å². The second-order valence-electron chi connectivity index (χ2n) is 18.1. The third kappa shape index (κ3) is 11.7. The zero-order valence-electron chi connectivity index (χ0n) is 35.7. The summed E-state index contributed by atoms with van der Waals surface area (Å²) < 4.78 is 37.1. The van der Waals surface area contributed by atoms with Gasteiger partial charge < -0.3 is 25.4 Å². The number of fused-ring (bicyclic) bond motifs is 1. The number of likely N-dealkylation sites (tertiary alicyclic amines) is 2. The number of imide groups is 2. The molecule has 7 amide bonds. The van der Waals surface area contributed by atoms with Crippen LogP contribution in [0.2, 0.25) is 0 Å². The maximum absolute atomic E-state index is 13.5. The molecule has 62 heavy (non-hydrogen) atoms. The zero-order valence-corrected chi connectivity index (χ0v) is 37.3. The van der Waals surface area contributed by atoms with E-state index < -0.39 is 45.8 Å². The highest BCUT2D eigenvalue weighted by Crippen LogP contribution is 2.42. The van der Waals surface area contributed by atoms with Gasteiger partial charge in [-0.1, -0.05) is 19.3 Å². The van der Waals surface area contributed by atoms with Gasteiger partial charge in [-0.15, -0.1) is 11.8 Å². The predicted molar refractivity (Wildman–Crippen MR) is 226 cm³/mol. The van der Waals surface area contributed by atoms with Crippen molar-refractivity contribution >= 4 is 63.1 Å². The lowest BCUT2D eigenvalue weighted by Gasteiger charge is -2.46. The van der Waals surface area contributed by atoms with Gasteiger partial charge in [0.2, 0.25) is 51.4 Å². The van der Waals surface area contributed by atoms with Crippen molar-refractivity contribution in [1.82, 2.24) is 40.7 Å². The third-order valence-electron chi connectivity index (χ3n) is 13.8. The lowest BCUT2D eigenvalue weighted by atomic mass is 9.77. The Balaban J connectivity index is 0.757. The molecule has 5 N–H and O–H groups in total. The normalized spacial score (nSPS) is 30.8. The van der Waals surface area contributed by atoms with Gasteiger partial charge in [0, 0.05) is 76.6 Å². The van der Waals surface area contributed by atoms with Gasteiger partial charge in [-0.3, -0.25) is 54.0 Å². The first-order valence-electron chi connectivity index (χ1n) is 22.6. The molecule has 0 bridgehead atoms. The van der Waals surface area contributed by atoms with Gasteiger partial charge in [-0.25, -0.2) is 12.7 Å². The molecular weight excluding hydrogens is 845 g/mol. The monoisotopic (exact) mass is 908 g/mol. The third-order valence-corrected chi connectivity index (χ3v) is 16.2. The number of nitrogens with zero attached hydrogens (tertiary/aromatic N) is 3. The van der Waals surface area contributed by atoms with Crippen LogP contribution in [0.5, 0.6) is 0 Å². The van der Waals surface area contributed by atoms with Crippen LogP contribution >= 0.6 is 11.8 Å². The average molecular weight is 909 g/mol. The van der Waals surface area contributed by atoms with E-state index >= 15 is 0 Å². The molecule has 19 nitrogen and oxygen atoms in total. The first-order valence-corrected chi connectivity index (χ1v) is 25.5. The summed E-state index contributed by atoms with van der Waals surface area (Å²) in [6.45, 7) is 2.90. The van der Waals surface area contributed by atoms with E-state index in [1.165, 1.54) is 36.4 Å². The summed E-state index contributed by atoms with van der Waals surface area (Å²) in [5, 5.41) is 14.6. The molecule has 0 spiro atoms. The molecule has 2 saturated carbocycles. The molecule has 5 aliphatic heterocycles. The highest BCUT2D eigenvalue weighted by atomic mass is 32.2. The molecule has 0 aromatic carbocycles. The van der Waals surface area contributed by atoms with Crippen molar-refractivity contribution in [3.63, 3.8) is 0 Å². The van der Waals surface area contributed by atoms with Gasteiger partial charge in [0.05, 0.1) is 36.7 Å². The summed E-state index contributed by atoms with van der Waals surface area (Å²) in [6, 6.07) is -1.31. The number of amides is 7. The van der Waals surface area contributed by atoms with Gasteiger partial charge >= 0.3 is 0 Å². The first kappa shape index (κ1) is 46.8. The minimum Gasteiger partial charge on any atom is -0.381 e. The van der Waals surface area contributed by atoms with Crippen LogP contribution in [0.3, 0.4) is 0 Å². The van der Waals surface area contributed by atoms with Crippen LogP contribution in [0.4, 0.5) is 0 Å². The van der Waals surface area contributed by atoms with E-state index in [9.17, 15) is 42.0 Å². The second-order valence-corrected chi connectivity index (χ2v) is 21.2. The Morgan fingerprint density at radius 3 is 2.44 bits per heavy atom. The molecular formula is C41H64N8O11S2. The van der Waals surface area contributed by atoms with Crippen molar-refractivity contribution < 1.29 is 51.5 Å². The Kier molecular flexibility index (Phi) is 16.0. The van der Waals surface area contributed by atoms with Crippen LogP contribution in [0.1, 0.15) is 89.9 Å². The molecule has 7 unspecified atom stereocenters. The molecule has 8 atom stereocenters. The molecule has 0 radical (unpaired) electrons. The van der Waals surface area contributed by atoms with E-state index in [4.69, 9.17) is 9.47 Å². The maximum Gasteiger partial charge on any atom is 0.249 e. The molecule has 21 heteroatoms. The Bertz CT molecular complexity index is 1790. The summed E-state index contributed by atoms with van der Waals surface area (Å²) >= 11 is 1.66. The second kappa shape index (κ2) is 21.2. The quantitative estimate of drug-likeness (QED) is 0.0804. The van der Waals surface area contributed by atoms with Crippen molar-refractivity contribution in [2.75, 3.05) is 64.6 Å². The molecule has 0 aromatic heterocycles. The van der Waals surface area contributed by atoms with Crippen molar-refractivity contribution in [3.8, 4) is 0 Å². The Hall–Kier alpha value is -3.21. The number of carbonyl (C=O) groups is 7. The van der Waals surface area contributed by atoms with Crippen molar-refractivity contribution in [3.05, 3.63) is 0 Å². The van der Waals surface area contributed by atoms with E-state index in [2.05, 4.69) is 31.5 Å². The van der Waals surface area contributed by atoms with Crippen LogP contribution < -0.4 is 26.6 Å². The standard InChI is InChI=1S/C41H64N8O11S2/c1-62(57,58)48-16-13-26(21-48)36(52)43-31(37(53)46-41-44-32(24-61-41)25-6-3-2-4-7-25)14-18-59-17-5-8-34(50)42-15-19-60-28-22-47(23-28)27-9-10-29-30(20-27)40(56)49(39(29)55)33-11-12-35(51)45-38(33)54/h25-33,41,44H,2-24H2,1H3,(H,42,50)(H,43,52)(H,46,53)(H,45,51,54)/t26?,27?,29?,30?,31-,32?,33?,41?/m0/s1. The summed E-state index contributed by atoms with van der Waals surface area (Å²) in [6.07, 6.45) is 10.7. The predicted octanol–water partition coefficient (Wildman–Crippen LogP) is -0.599. The number of carbonyl (C=O) groups excluding carboxylic acids is 7. The smallest absolute Gasteiger partial charge is 0.249 e. The van der Waals surface area contributed by atoms with E-state index in [1.54, 1.807) is 11.8 Å². The topological polar surface area (TPSA) is 242 Å². The minimum absolute atomic E-state index is 0.00147. The van der Waals surface area contributed by atoms with Crippen molar-refractivity contribution in [1.29, 1.82) is 0 Å². The zero-order chi connectivity index (χ0) is 44.0. The number of hydrogen-bond acceptors (Lipinski definition) is 14. The van der Waals surface area contributed by atoms with Crippen LogP contribution in [-0.2, 0) is 53.1 Å². The van der Waals surface area contributed by atoms with E-state index in [1.807, 2.05) is 0 Å². The van der Waals surface area contributed by atoms with Gasteiger partial charge in [-0.05, 0) is 63.7 Å². The van der Waals surface area contributed by atoms with E-state index in [-0.39, 0.29) is 105 Å². The van der Waals surface area contributed by atoms with Crippen molar-refractivity contribution in [2.24, 2.45) is 23.7 Å². The highest BCUT2D eigenvalue weighted by molar-refractivity contribution is 8.00. The van der Waals surface area contributed by atoms with Crippen LogP contribution in [0.25, 0.3) is 0 Å². The van der Waals surface area contributed by atoms with Gasteiger partial charge in [0.15, 0.2) is 0 Å². The molecule has 7 rings (SSSR count). The summed E-state index contributed by atoms with van der Waals surface area (Å²) in [7, 11) is -3.42. The fourth-order valence-electron chi connectivity index (χ4n) is 10.2. The fourth-order valence-corrected chi connectivity index (χ4v) is 12.3. The highest BCUT2D eigenvalue weighted by Gasteiger charge is 2.55.